The summed E-state index contributed by atoms with van der Waals surface area (Å²) in [6, 6.07) is 26.0. The fourth-order valence-corrected chi connectivity index (χ4v) is 6.79. The predicted octanol–water partition coefficient (Wildman–Crippen LogP) is 6.67. The first-order chi connectivity index (χ1) is 21.9. The van der Waals surface area contributed by atoms with E-state index >= 15 is 0 Å². The summed E-state index contributed by atoms with van der Waals surface area (Å²) in [5.41, 5.74) is 2.43. The van der Waals surface area contributed by atoms with Crippen molar-refractivity contribution in [1.29, 1.82) is 0 Å². The van der Waals surface area contributed by atoms with Gasteiger partial charge in [0.2, 0.25) is 11.8 Å². The molecular formula is C35H37Cl2N3O5S. The summed E-state index contributed by atoms with van der Waals surface area (Å²) >= 11 is 12.8. The van der Waals surface area contributed by atoms with Gasteiger partial charge in [0.25, 0.3) is 10.0 Å². The molecule has 0 aliphatic heterocycles. The zero-order valence-electron chi connectivity index (χ0n) is 26.1. The van der Waals surface area contributed by atoms with Crippen molar-refractivity contribution >= 4 is 50.7 Å². The fourth-order valence-electron chi connectivity index (χ4n) is 4.93. The zero-order chi connectivity index (χ0) is 33.4. The van der Waals surface area contributed by atoms with Crippen molar-refractivity contribution in [2.75, 3.05) is 18.0 Å². The number of carbonyl (C=O) groups excluding carboxylic acids is 2. The van der Waals surface area contributed by atoms with E-state index in [0.29, 0.717) is 11.3 Å². The maximum Gasteiger partial charge on any atom is 0.264 e. The van der Waals surface area contributed by atoms with Crippen molar-refractivity contribution in [2.45, 2.75) is 50.7 Å². The molecule has 0 heterocycles. The molecule has 0 aromatic heterocycles. The fraction of sp³-hybridized carbons (Fsp3) is 0.257. The Hall–Kier alpha value is -4.05. The van der Waals surface area contributed by atoms with Gasteiger partial charge in [0.1, 0.15) is 18.3 Å². The van der Waals surface area contributed by atoms with Crippen LogP contribution in [0, 0.1) is 6.92 Å². The number of ether oxygens (including phenoxy) is 1. The Morgan fingerprint density at radius 1 is 0.870 bits per heavy atom. The Balaban J connectivity index is 1.84. The van der Waals surface area contributed by atoms with E-state index in [2.05, 4.69) is 5.32 Å². The lowest BCUT2D eigenvalue weighted by molar-refractivity contribution is -0.140. The summed E-state index contributed by atoms with van der Waals surface area (Å²) in [7, 11) is -2.78. The van der Waals surface area contributed by atoms with E-state index < -0.39 is 28.5 Å². The second kappa shape index (κ2) is 15.5. The second-order valence-electron chi connectivity index (χ2n) is 11.2. The number of benzene rings is 4. The molecule has 4 aromatic rings. The molecule has 0 spiro atoms. The maximum absolute atomic E-state index is 14.6. The van der Waals surface area contributed by atoms with Crippen molar-refractivity contribution in [1.82, 2.24) is 10.2 Å². The van der Waals surface area contributed by atoms with Gasteiger partial charge < -0.3 is 15.0 Å². The number of anilines is 1. The van der Waals surface area contributed by atoms with E-state index in [1.807, 2.05) is 57.2 Å². The van der Waals surface area contributed by atoms with Gasteiger partial charge in [0.15, 0.2) is 0 Å². The standard InChI is InChI=1S/C35H37Cl2N3O5S/c1-24(2)38-35(42)33(20-26-9-6-5-7-10-26)39(22-27-11-8-12-29(19-27)45-4)34(41)23-40(32-21-28(36)15-18-31(32)37)46(43,44)30-16-13-25(3)14-17-30/h5-19,21,24,33H,20,22-23H2,1-4H3,(H,38,42). The quantitative estimate of drug-likeness (QED) is 0.170. The van der Waals surface area contributed by atoms with E-state index in [9.17, 15) is 18.0 Å². The number of amides is 2. The van der Waals surface area contributed by atoms with Crippen LogP contribution in [0.15, 0.2) is 102 Å². The van der Waals surface area contributed by atoms with E-state index in [0.717, 1.165) is 15.4 Å². The third kappa shape index (κ3) is 8.81. The third-order valence-electron chi connectivity index (χ3n) is 7.25. The van der Waals surface area contributed by atoms with Crippen LogP contribution in [0.2, 0.25) is 10.0 Å². The predicted molar refractivity (Wildman–Crippen MR) is 183 cm³/mol. The molecule has 1 atom stereocenters. The van der Waals surface area contributed by atoms with Crippen LogP contribution in [0.3, 0.4) is 0 Å². The first kappa shape index (κ1) is 34.8. The zero-order valence-corrected chi connectivity index (χ0v) is 28.4. The number of nitrogens with zero attached hydrogens (tertiary/aromatic N) is 2. The molecule has 0 fully saturated rings. The second-order valence-corrected chi connectivity index (χ2v) is 13.9. The highest BCUT2D eigenvalue weighted by Crippen LogP contribution is 2.33. The molecule has 4 aromatic carbocycles. The lowest BCUT2D eigenvalue weighted by Gasteiger charge is -2.34. The van der Waals surface area contributed by atoms with Gasteiger partial charge in [-0.1, -0.05) is 83.4 Å². The number of carbonyl (C=O) groups is 2. The highest BCUT2D eigenvalue weighted by Gasteiger charge is 2.35. The Morgan fingerprint density at radius 2 is 1.54 bits per heavy atom. The summed E-state index contributed by atoms with van der Waals surface area (Å²) < 4.78 is 34.8. The minimum atomic E-state index is -4.32. The number of aryl methyl sites for hydroxylation is 1. The lowest BCUT2D eigenvalue weighted by atomic mass is 10.0. The van der Waals surface area contributed by atoms with Crippen molar-refractivity contribution in [3.05, 3.63) is 124 Å². The smallest absolute Gasteiger partial charge is 0.264 e. The van der Waals surface area contributed by atoms with Gasteiger partial charge in [-0.3, -0.25) is 13.9 Å². The van der Waals surface area contributed by atoms with Crippen molar-refractivity contribution < 1.29 is 22.7 Å². The van der Waals surface area contributed by atoms with Gasteiger partial charge in [-0.2, -0.15) is 0 Å². The minimum Gasteiger partial charge on any atom is -0.497 e. The molecule has 2 amide bonds. The summed E-state index contributed by atoms with van der Waals surface area (Å²) in [5, 5.41) is 3.27. The molecule has 4 rings (SSSR count). The van der Waals surface area contributed by atoms with Crippen LogP contribution in [0.25, 0.3) is 0 Å². The van der Waals surface area contributed by atoms with Gasteiger partial charge >= 0.3 is 0 Å². The Kier molecular flexibility index (Phi) is 11.7. The molecule has 1 N–H and O–H groups in total. The molecule has 242 valence electrons. The molecular weight excluding hydrogens is 645 g/mol. The Labute approximate surface area is 280 Å². The van der Waals surface area contributed by atoms with Gasteiger partial charge in [0.05, 0.1) is 22.7 Å². The molecule has 0 saturated carbocycles. The largest absolute Gasteiger partial charge is 0.497 e. The van der Waals surface area contributed by atoms with Crippen molar-refractivity contribution in [3.8, 4) is 5.75 Å². The Morgan fingerprint density at radius 3 is 2.20 bits per heavy atom. The van der Waals surface area contributed by atoms with Crippen molar-refractivity contribution in [2.24, 2.45) is 0 Å². The number of hydrogen-bond acceptors (Lipinski definition) is 5. The maximum atomic E-state index is 14.6. The number of sulfonamides is 1. The number of halogens is 2. The lowest BCUT2D eigenvalue weighted by Crippen LogP contribution is -2.54. The van der Waals surface area contributed by atoms with Crippen LogP contribution in [0.5, 0.6) is 5.75 Å². The molecule has 0 radical (unpaired) electrons. The van der Waals surface area contributed by atoms with Gasteiger partial charge in [-0.25, -0.2) is 8.42 Å². The van der Waals surface area contributed by atoms with Gasteiger partial charge in [0, 0.05) is 24.0 Å². The van der Waals surface area contributed by atoms with E-state index in [4.69, 9.17) is 27.9 Å². The van der Waals surface area contributed by atoms with Gasteiger partial charge in [-0.15, -0.1) is 0 Å². The van der Waals surface area contributed by atoms with Crippen LogP contribution in [-0.2, 0) is 32.6 Å². The van der Waals surface area contributed by atoms with Crippen LogP contribution in [0.1, 0.15) is 30.5 Å². The number of rotatable bonds is 13. The molecule has 0 saturated heterocycles. The topological polar surface area (TPSA) is 96.0 Å². The summed E-state index contributed by atoms with van der Waals surface area (Å²) in [4.78, 5) is 29.8. The summed E-state index contributed by atoms with van der Waals surface area (Å²) in [6.45, 7) is 4.86. The van der Waals surface area contributed by atoms with E-state index in [1.165, 1.54) is 35.2 Å². The van der Waals surface area contributed by atoms with Crippen LogP contribution in [-0.4, -0.2) is 50.9 Å². The highest BCUT2D eigenvalue weighted by molar-refractivity contribution is 7.92. The molecule has 11 heteroatoms. The molecule has 0 aliphatic carbocycles. The van der Waals surface area contributed by atoms with Crippen LogP contribution < -0.4 is 14.4 Å². The Bertz CT molecular complexity index is 1770. The first-order valence-corrected chi connectivity index (χ1v) is 16.9. The van der Waals surface area contributed by atoms with Gasteiger partial charge in [-0.05, 0) is 74.4 Å². The van der Waals surface area contributed by atoms with Crippen LogP contribution in [0.4, 0.5) is 5.69 Å². The highest BCUT2D eigenvalue weighted by atomic mass is 35.5. The number of hydrogen-bond donors (Lipinski definition) is 1. The van der Waals surface area contributed by atoms with E-state index in [1.54, 1.807) is 37.4 Å². The first-order valence-electron chi connectivity index (χ1n) is 14.7. The molecule has 46 heavy (non-hydrogen) atoms. The molecule has 8 nitrogen and oxygen atoms in total. The summed E-state index contributed by atoms with van der Waals surface area (Å²) in [6.07, 6.45) is 0.192. The minimum absolute atomic E-state index is 0.000740. The number of methoxy groups -OCH3 is 1. The van der Waals surface area contributed by atoms with Crippen LogP contribution >= 0.6 is 23.2 Å². The average Bonchev–Trinajstić information content (AvgIpc) is 3.03. The number of nitrogens with one attached hydrogen (secondary N) is 1. The monoisotopic (exact) mass is 681 g/mol. The average molecular weight is 683 g/mol. The van der Waals surface area contributed by atoms with E-state index in [-0.39, 0.29) is 45.5 Å². The summed E-state index contributed by atoms with van der Waals surface area (Å²) in [5.74, 6) is -0.413. The molecule has 0 bridgehead atoms. The molecule has 0 aliphatic rings. The normalized spacial score (nSPS) is 12.0. The van der Waals surface area contributed by atoms with Crippen molar-refractivity contribution in [3.63, 3.8) is 0 Å². The third-order valence-corrected chi connectivity index (χ3v) is 9.58. The SMILES string of the molecule is COc1cccc(CN(C(=O)CN(c2cc(Cl)ccc2Cl)S(=O)(=O)c2ccc(C)cc2)C(Cc2ccccc2)C(=O)NC(C)C)c1. The molecule has 1 unspecified atom stereocenters.